The van der Waals surface area contributed by atoms with E-state index in [4.69, 9.17) is 19.9 Å². The molecule has 0 bridgehead atoms. The molecule has 1 saturated heterocycles. The highest BCUT2D eigenvalue weighted by Crippen LogP contribution is 2.33. The van der Waals surface area contributed by atoms with Crippen LogP contribution in [0.3, 0.4) is 0 Å². The summed E-state index contributed by atoms with van der Waals surface area (Å²) >= 11 is 0. The molecule has 0 aliphatic carbocycles. The summed E-state index contributed by atoms with van der Waals surface area (Å²) in [7, 11) is 2.14. The second kappa shape index (κ2) is 6.64. The fourth-order valence-electron chi connectivity index (χ4n) is 3.03. The van der Waals surface area contributed by atoms with Crippen LogP contribution in [0.2, 0.25) is 0 Å². The molecule has 2 N–H and O–H groups in total. The van der Waals surface area contributed by atoms with E-state index in [1.165, 1.54) is 0 Å². The van der Waals surface area contributed by atoms with Gasteiger partial charge in [-0.2, -0.15) is 0 Å². The maximum Gasteiger partial charge on any atom is 0.231 e. The van der Waals surface area contributed by atoms with Crippen molar-refractivity contribution in [3.63, 3.8) is 0 Å². The number of rotatable bonds is 5. The van der Waals surface area contributed by atoms with Gasteiger partial charge in [0.1, 0.15) is 0 Å². The summed E-state index contributed by atoms with van der Waals surface area (Å²) in [5.41, 5.74) is 7.43. The van der Waals surface area contributed by atoms with Gasteiger partial charge in [0.25, 0.3) is 0 Å². The van der Waals surface area contributed by atoms with Crippen molar-refractivity contribution in [2.75, 3.05) is 40.1 Å². The van der Waals surface area contributed by atoms with E-state index in [1.807, 2.05) is 18.2 Å². The van der Waals surface area contributed by atoms with Crippen LogP contribution in [0.4, 0.5) is 0 Å². The normalized spacial score (nSPS) is 20.0. The Labute approximate surface area is 126 Å². The van der Waals surface area contributed by atoms with Crippen LogP contribution in [-0.4, -0.2) is 45.0 Å². The molecule has 0 spiro atoms. The average molecular weight is 292 g/mol. The van der Waals surface area contributed by atoms with Crippen LogP contribution in [0.25, 0.3) is 0 Å². The molecule has 1 aromatic rings. The molecule has 0 aromatic heterocycles. The summed E-state index contributed by atoms with van der Waals surface area (Å²) in [4.78, 5) is 2.32. The second-order valence-corrected chi connectivity index (χ2v) is 6.00. The molecule has 21 heavy (non-hydrogen) atoms. The Hall–Kier alpha value is -1.30. The zero-order valence-corrected chi connectivity index (χ0v) is 12.6. The molecule has 2 heterocycles. The van der Waals surface area contributed by atoms with Gasteiger partial charge in [-0.25, -0.2) is 0 Å². The van der Waals surface area contributed by atoms with Crippen molar-refractivity contribution in [1.29, 1.82) is 0 Å². The molecule has 5 heteroatoms. The highest BCUT2D eigenvalue weighted by molar-refractivity contribution is 5.45. The number of ether oxygens (including phenoxy) is 3. The van der Waals surface area contributed by atoms with Crippen molar-refractivity contribution in [2.24, 2.45) is 11.7 Å². The molecule has 0 saturated carbocycles. The third-order valence-corrected chi connectivity index (χ3v) is 4.24. The Morgan fingerprint density at radius 2 is 2.00 bits per heavy atom. The number of nitrogens with zero attached hydrogens (tertiary/aromatic N) is 1. The highest BCUT2D eigenvalue weighted by Gasteiger charge is 2.19. The number of likely N-dealkylation sites (N-methyl/N-ethyl adjacent to an activating group) is 1. The molecule has 1 unspecified atom stereocenters. The summed E-state index contributed by atoms with van der Waals surface area (Å²) in [6, 6.07) is 5.95. The quantitative estimate of drug-likeness (QED) is 0.896. The number of benzene rings is 1. The Kier molecular flexibility index (Phi) is 4.63. The fourth-order valence-corrected chi connectivity index (χ4v) is 3.03. The van der Waals surface area contributed by atoms with Crippen LogP contribution in [0.5, 0.6) is 11.5 Å². The van der Waals surface area contributed by atoms with Gasteiger partial charge in [-0.05, 0) is 43.5 Å². The molecule has 116 valence electrons. The summed E-state index contributed by atoms with van der Waals surface area (Å²) in [6.07, 6.45) is 2.31. The van der Waals surface area contributed by atoms with E-state index < -0.39 is 0 Å². The summed E-state index contributed by atoms with van der Waals surface area (Å²) < 4.78 is 16.1. The summed E-state index contributed by atoms with van der Waals surface area (Å²) in [5, 5.41) is 0. The van der Waals surface area contributed by atoms with E-state index in [0.29, 0.717) is 6.79 Å². The van der Waals surface area contributed by atoms with Gasteiger partial charge >= 0.3 is 0 Å². The number of hydrogen-bond donors (Lipinski definition) is 1. The van der Waals surface area contributed by atoms with Crippen molar-refractivity contribution >= 4 is 0 Å². The van der Waals surface area contributed by atoms with Gasteiger partial charge in [0.15, 0.2) is 11.5 Å². The van der Waals surface area contributed by atoms with Crippen molar-refractivity contribution in [3.05, 3.63) is 23.8 Å². The Morgan fingerprint density at radius 1 is 1.24 bits per heavy atom. The largest absolute Gasteiger partial charge is 0.454 e. The van der Waals surface area contributed by atoms with Crippen LogP contribution < -0.4 is 15.2 Å². The lowest BCUT2D eigenvalue weighted by atomic mass is 9.99. The van der Waals surface area contributed by atoms with Crippen LogP contribution in [0.15, 0.2) is 18.2 Å². The van der Waals surface area contributed by atoms with Crippen molar-refractivity contribution in [1.82, 2.24) is 4.90 Å². The first-order chi connectivity index (χ1) is 10.2. The van der Waals surface area contributed by atoms with Crippen LogP contribution >= 0.6 is 0 Å². The molecule has 2 aliphatic heterocycles. The average Bonchev–Trinajstić information content (AvgIpc) is 2.95. The van der Waals surface area contributed by atoms with Gasteiger partial charge in [0, 0.05) is 32.3 Å². The second-order valence-electron chi connectivity index (χ2n) is 6.00. The number of nitrogens with two attached hydrogens (primary N) is 1. The molecule has 1 fully saturated rings. The Balaban J connectivity index is 1.54. The van der Waals surface area contributed by atoms with Gasteiger partial charge in [0.2, 0.25) is 6.79 Å². The molecule has 0 radical (unpaired) electrons. The minimum atomic E-state index is -0.00987. The standard InChI is InChI=1S/C16H24N2O3/c1-18(9-12-4-6-19-7-5-12)10-14(17)13-2-3-15-16(8-13)21-11-20-15/h2-3,8,12,14H,4-7,9-11,17H2,1H3. The Morgan fingerprint density at radius 3 is 2.81 bits per heavy atom. The monoisotopic (exact) mass is 292 g/mol. The molecule has 1 aromatic carbocycles. The number of fused-ring (bicyclic) bond motifs is 1. The third kappa shape index (κ3) is 3.67. The van der Waals surface area contributed by atoms with E-state index in [1.54, 1.807) is 0 Å². The number of hydrogen-bond acceptors (Lipinski definition) is 5. The summed E-state index contributed by atoms with van der Waals surface area (Å²) in [5.74, 6) is 2.34. The molecule has 2 aliphatic rings. The van der Waals surface area contributed by atoms with Gasteiger partial charge in [0.05, 0.1) is 0 Å². The maximum absolute atomic E-state index is 6.33. The van der Waals surface area contributed by atoms with Crippen molar-refractivity contribution in [3.8, 4) is 11.5 Å². The van der Waals surface area contributed by atoms with Gasteiger partial charge in [-0.1, -0.05) is 6.07 Å². The highest BCUT2D eigenvalue weighted by atomic mass is 16.7. The lowest BCUT2D eigenvalue weighted by molar-refractivity contribution is 0.0551. The smallest absolute Gasteiger partial charge is 0.231 e. The predicted molar refractivity (Wildman–Crippen MR) is 80.5 cm³/mol. The third-order valence-electron chi connectivity index (χ3n) is 4.24. The van der Waals surface area contributed by atoms with E-state index in [9.17, 15) is 0 Å². The zero-order valence-electron chi connectivity index (χ0n) is 12.6. The van der Waals surface area contributed by atoms with Crippen LogP contribution in [-0.2, 0) is 4.74 Å². The van der Waals surface area contributed by atoms with Crippen molar-refractivity contribution < 1.29 is 14.2 Å². The molecule has 0 amide bonds. The van der Waals surface area contributed by atoms with Gasteiger partial charge < -0.3 is 24.8 Å². The van der Waals surface area contributed by atoms with Crippen molar-refractivity contribution in [2.45, 2.75) is 18.9 Å². The fraction of sp³-hybridized carbons (Fsp3) is 0.625. The van der Waals surface area contributed by atoms with E-state index in [-0.39, 0.29) is 6.04 Å². The Bertz CT molecular complexity index is 475. The maximum atomic E-state index is 6.33. The topological polar surface area (TPSA) is 57.0 Å². The predicted octanol–water partition coefficient (Wildman–Crippen LogP) is 1.77. The van der Waals surface area contributed by atoms with E-state index in [0.717, 1.165) is 62.1 Å². The van der Waals surface area contributed by atoms with E-state index in [2.05, 4.69) is 11.9 Å². The van der Waals surface area contributed by atoms with Gasteiger partial charge in [-0.15, -0.1) is 0 Å². The minimum absolute atomic E-state index is 0.00987. The molecular weight excluding hydrogens is 268 g/mol. The van der Waals surface area contributed by atoms with Gasteiger partial charge in [-0.3, -0.25) is 0 Å². The first-order valence-electron chi connectivity index (χ1n) is 7.64. The van der Waals surface area contributed by atoms with Crippen LogP contribution in [0, 0.1) is 5.92 Å². The lowest BCUT2D eigenvalue weighted by Gasteiger charge is -2.28. The molecule has 5 nitrogen and oxygen atoms in total. The SMILES string of the molecule is CN(CC1CCOCC1)CC(N)c1ccc2c(c1)OCO2. The molecule has 1 atom stereocenters. The molecular formula is C16H24N2O3. The zero-order chi connectivity index (χ0) is 14.7. The minimum Gasteiger partial charge on any atom is -0.454 e. The first kappa shape index (κ1) is 14.6. The van der Waals surface area contributed by atoms with E-state index >= 15 is 0 Å². The molecule has 3 rings (SSSR count). The summed E-state index contributed by atoms with van der Waals surface area (Å²) in [6.45, 7) is 4.02. The lowest BCUT2D eigenvalue weighted by Crippen LogP contribution is -2.34. The van der Waals surface area contributed by atoms with Crippen LogP contribution in [0.1, 0.15) is 24.4 Å². The first-order valence-corrected chi connectivity index (χ1v) is 7.64.